The highest BCUT2D eigenvalue weighted by Crippen LogP contribution is 2.24. The van der Waals surface area contributed by atoms with Crippen LogP contribution in [0.5, 0.6) is 0 Å². The number of hydrogen-bond donors (Lipinski definition) is 4. The van der Waals surface area contributed by atoms with Crippen LogP contribution < -0.4 is 16.0 Å². The maximum Gasteiger partial charge on any atom is 0.407 e. The number of rotatable bonds is 17. The molecule has 292 valence electrons. The van der Waals surface area contributed by atoms with Gasteiger partial charge in [0.2, 0.25) is 11.8 Å². The number of aromatic nitrogens is 1. The number of nitrogens with one attached hydrogen (secondary N) is 3. The lowest BCUT2D eigenvalue weighted by molar-refractivity contribution is -0.129. The topological polar surface area (TPSA) is 153 Å². The Kier molecular flexibility index (Phi) is 15.0. The van der Waals surface area contributed by atoms with E-state index >= 15 is 0 Å². The number of methoxy groups -OCH3 is 1. The Morgan fingerprint density at radius 1 is 0.870 bits per heavy atom. The van der Waals surface area contributed by atoms with Crippen molar-refractivity contribution in [2.75, 3.05) is 20.2 Å². The van der Waals surface area contributed by atoms with E-state index in [1.54, 1.807) is 16.0 Å². The number of amides is 5. The molecule has 0 bridgehead atoms. The van der Waals surface area contributed by atoms with Gasteiger partial charge in [-0.05, 0) is 60.3 Å². The second-order valence-electron chi connectivity index (χ2n) is 15.5. The number of ether oxygens (including phenoxy) is 1. The standard InChI is InChI=1S/C42H58N6O6/c1-8-28(2)36(48-22-21-47(41(48)53)27-32-20-19-29(3)43-26-32)38(50)44-33(23-30-15-11-9-12-16-30)25-35(49)34(24-31-17-13-10-14-18-31)45-39(51)37(42(4,5)6)46-40(52)54-7/h9-20,26,28,33-37,49H,8,21-25,27H2,1-7H3,(H,44,50)(H,45,51)(H,46,52). The molecule has 2 aromatic carbocycles. The van der Waals surface area contributed by atoms with Crippen molar-refractivity contribution in [3.8, 4) is 0 Å². The number of alkyl carbamates (subject to hydrolysis) is 1. The Labute approximate surface area is 320 Å². The highest BCUT2D eigenvalue weighted by Gasteiger charge is 2.41. The van der Waals surface area contributed by atoms with E-state index in [0.717, 1.165) is 22.4 Å². The van der Waals surface area contributed by atoms with Crippen molar-refractivity contribution in [3.05, 3.63) is 101 Å². The largest absolute Gasteiger partial charge is 0.453 e. The lowest BCUT2D eigenvalue weighted by Crippen LogP contribution is -2.58. The summed E-state index contributed by atoms with van der Waals surface area (Å²) in [5, 5.41) is 20.9. The van der Waals surface area contributed by atoms with Crippen molar-refractivity contribution in [2.24, 2.45) is 11.3 Å². The average molecular weight is 743 g/mol. The van der Waals surface area contributed by atoms with Crippen molar-refractivity contribution in [1.82, 2.24) is 30.7 Å². The molecule has 0 spiro atoms. The fraction of sp³-hybridized carbons (Fsp3) is 0.500. The SMILES string of the molecule is CCC(C)C(C(=O)NC(Cc1ccccc1)CC(O)C(Cc1ccccc1)NC(=O)C(NC(=O)OC)C(C)(C)C)N1CCN(Cc2ccc(C)nc2)C1=O. The number of aliphatic hydroxyl groups excluding tert-OH is 1. The predicted octanol–water partition coefficient (Wildman–Crippen LogP) is 5.02. The number of benzene rings is 2. The molecule has 3 aromatic rings. The second kappa shape index (κ2) is 19.4. The molecule has 0 saturated carbocycles. The van der Waals surface area contributed by atoms with Gasteiger partial charge < -0.3 is 35.6 Å². The van der Waals surface area contributed by atoms with Crippen molar-refractivity contribution < 1.29 is 29.0 Å². The first kappa shape index (κ1) is 41.8. The third kappa shape index (κ3) is 11.8. The highest BCUT2D eigenvalue weighted by molar-refractivity contribution is 5.88. The van der Waals surface area contributed by atoms with Gasteiger partial charge in [-0.15, -0.1) is 0 Å². The lowest BCUT2D eigenvalue weighted by Gasteiger charge is -2.35. The fourth-order valence-corrected chi connectivity index (χ4v) is 6.85. The van der Waals surface area contributed by atoms with E-state index < -0.39 is 47.7 Å². The average Bonchev–Trinajstić information content (AvgIpc) is 3.49. The molecule has 54 heavy (non-hydrogen) atoms. The molecule has 1 saturated heterocycles. The zero-order valence-corrected chi connectivity index (χ0v) is 32.7. The molecule has 6 unspecified atom stereocenters. The first-order valence-corrected chi connectivity index (χ1v) is 18.9. The number of nitrogens with zero attached hydrogens (tertiary/aromatic N) is 3. The third-order valence-electron chi connectivity index (χ3n) is 10.1. The molecule has 4 N–H and O–H groups in total. The number of pyridine rings is 1. The molecule has 2 heterocycles. The summed E-state index contributed by atoms with van der Waals surface area (Å²) in [5.41, 5.74) is 3.01. The van der Waals surface area contributed by atoms with Crippen molar-refractivity contribution in [3.63, 3.8) is 0 Å². The lowest BCUT2D eigenvalue weighted by atomic mass is 9.85. The minimum absolute atomic E-state index is 0.108. The molecule has 1 aliphatic rings. The Balaban J connectivity index is 1.58. The maximum atomic E-state index is 14.4. The van der Waals surface area contributed by atoms with E-state index in [9.17, 15) is 24.3 Å². The first-order valence-electron chi connectivity index (χ1n) is 18.9. The van der Waals surface area contributed by atoms with Gasteiger partial charge in [-0.1, -0.05) is 108 Å². The Morgan fingerprint density at radius 3 is 2.06 bits per heavy atom. The summed E-state index contributed by atoms with van der Waals surface area (Å²) in [4.78, 5) is 62.0. The molecule has 1 fully saturated rings. The van der Waals surface area contributed by atoms with Gasteiger partial charge in [0.05, 0.1) is 19.3 Å². The molecule has 12 heteroatoms. The van der Waals surface area contributed by atoms with Crippen LogP contribution in [0, 0.1) is 18.3 Å². The number of carbonyl (C=O) groups is 4. The molecule has 0 radical (unpaired) electrons. The molecule has 0 aliphatic carbocycles. The molecular formula is C42H58N6O6. The van der Waals surface area contributed by atoms with E-state index in [1.165, 1.54) is 7.11 Å². The van der Waals surface area contributed by atoms with Crippen LogP contribution in [0.2, 0.25) is 0 Å². The number of urea groups is 1. The number of aliphatic hydroxyl groups is 1. The van der Waals surface area contributed by atoms with Crippen LogP contribution in [0.3, 0.4) is 0 Å². The molecule has 1 aromatic heterocycles. The Bertz CT molecular complexity index is 1670. The number of carbonyl (C=O) groups excluding carboxylic acids is 4. The van der Waals surface area contributed by atoms with E-state index in [4.69, 9.17) is 4.74 Å². The van der Waals surface area contributed by atoms with Crippen LogP contribution in [-0.2, 0) is 33.7 Å². The van der Waals surface area contributed by atoms with Gasteiger partial charge in [-0.3, -0.25) is 14.6 Å². The van der Waals surface area contributed by atoms with Gasteiger partial charge in [-0.2, -0.15) is 0 Å². The van der Waals surface area contributed by atoms with E-state index in [1.807, 2.05) is 114 Å². The molecule has 5 amide bonds. The van der Waals surface area contributed by atoms with Crippen LogP contribution in [-0.4, -0.2) is 94.3 Å². The van der Waals surface area contributed by atoms with E-state index in [2.05, 4.69) is 20.9 Å². The van der Waals surface area contributed by atoms with Crippen molar-refractivity contribution >= 4 is 23.9 Å². The zero-order valence-electron chi connectivity index (χ0n) is 32.7. The van der Waals surface area contributed by atoms with Gasteiger partial charge >= 0.3 is 12.1 Å². The summed E-state index contributed by atoms with van der Waals surface area (Å²) < 4.78 is 4.79. The third-order valence-corrected chi connectivity index (χ3v) is 10.1. The van der Waals surface area contributed by atoms with Crippen LogP contribution in [0.15, 0.2) is 79.0 Å². The Morgan fingerprint density at radius 2 is 1.50 bits per heavy atom. The minimum Gasteiger partial charge on any atom is -0.453 e. The van der Waals surface area contributed by atoms with Gasteiger partial charge in [0.15, 0.2) is 0 Å². The zero-order chi connectivity index (χ0) is 39.4. The monoisotopic (exact) mass is 742 g/mol. The normalized spacial score (nSPS) is 16.5. The van der Waals surface area contributed by atoms with Gasteiger partial charge in [0.1, 0.15) is 12.1 Å². The highest BCUT2D eigenvalue weighted by atomic mass is 16.5. The fourth-order valence-electron chi connectivity index (χ4n) is 6.85. The van der Waals surface area contributed by atoms with Gasteiger partial charge in [0.25, 0.3) is 0 Å². The quantitative estimate of drug-likeness (QED) is 0.152. The van der Waals surface area contributed by atoms with Crippen molar-refractivity contribution in [1.29, 1.82) is 0 Å². The van der Waals surface area contributed by atoms with Crippen LogP contribution in [0.4, 0.5) is 9.59 Å². The second-order valence-corrected chi connectivity index (χ2v) is 15.5. The van der Waals surface area contributed by atoms with Gasteiger partial charge in [0, 0.05) is 37.6 Å². The molecule has 6 atom stereocenters. The molecular weight excluding hydrogens is 684 g/mol. The summed E-state index contributed by atoms with van der Waals surface area (Å²) in [6, 6.07) is 19.9. The van der Waals surface area contributed by atoms with Gasteiger partial charge in [-0.25, -0.2) is 9.59 Å². The van der Waals surface area contributed by atoms with Crippen LogP contribution in [0.1, 0.15) is 69.8 Å². The van der Waals surface area contributed by atoms with E-state index in [-0.39, 0.29) is 24.3 Å². The molecule has 12 nitrogen and oxygen atoms in total. The summed E-state index contributed by atoms with van der Waals surface area (Å²) in [6.45, 7) is 12.7. The molecule has 1 aliphatic heterocycles. The van der Waals surface area contributed by atoms with Crippen LogP contribution in [0.25, 0.3) is 0 Å². The summed E-state index contributed by atoms with van der Waals surface area (Å²) in [6.07, 6.45) is 1.44. The number of aryl methyl sites for hydroxylation is 1. The molecule has 4 rings (SSSR count). The first-order chi connectivity index (χ1) is 25.7. The smallest absolute Gasteiger partial charge is 0.407 e. The van der Waals surface area contributed by atoms with E-state index in [0.29, 0.717) is 38.9 Å². The van der Waals surface area contributed by atoms with Crippen LogP contribution >= 0.6 is 0 Å². The summed E-state index contributed by atoms with van der Waals surface area (Å²) >= 11 is 0. The predicted molar refractivity (Wildman–Crippen MR) is 208 cm³/mol. The van der Waals surface area contributed by atoms with Crippen molar-refractivity contribution in [2.45, 2.75) is 104 Å². The minimum atomic E-state index is -1.10. The number of hydrogen-bond acceptors (Lipinski definition) is 7. The summed E-state index contributed by atoms with van der Waals surface area (Å²) in [5.74, 6) is -0.894. The Hall–Kier alpha value is -4.97. The summed E-state index contributed by atoms with van der Waals surface area (Å²) in [7, 11) is 1.24. The maximum absolute atomic E-state index is 14.4.